The highest BCUT2D eigenvalue weighted by atomic mass is 32.2. The number of carbonyl (C=O) groups excluding carboxylic acids is 1. The van der Waals surface area contributed by atoms with E-state index in [4.69, 9.17) is 4.98 Å². The van der Waals surface area contributed by atoms with Crippen LogP contribution in [0, 0.1) is 11.7 Å². The molecule has 1 amide bonds. The normalized spacial score (nSPS) is 16.0. The Labute approximate surface area is 176 Å². The van der Waals surface area contributed by atoms with E-state index in [2.05, 4.69) is 12.2 Å². The Balaban J connectivity index is 1.90. The van der Waals surface area contributed by atoms with Gasteiger partial charge in [0.25, 0.3) is 5.56 Å². The molecule has 4 rings (SSSR count). The van der Waals surface area contributed by atoms with Gasteiger partial charge in [-0.2, -0.15) is 0 Å². The second-order valence-corrected chi connectivity index (χ2v) is 9.29. The van der Waals surface area contributed by atoms with Gasteiger partial charge in [-0.1, -0.05) is 30.8 Å². The van der Waals surface area contributed by atoms with E-state index in [0.717, 1.165) is 36.6 Å². The molecule has 0 fully saturated rings. The quantitative estimate of drug-likeness (QED) is 0.491. The van der Waals surface area contributed by atoms with Crippen molar-refractivity contribution in [1.29, 1.82) is 0 Å². The van der Waals surface area contributed by atoms with Crippen LogP contribution in [0.1, 0.15) is 30.7 Å². The number of thioether (sulfide) groups is 1. The van der Waals surface area contributed by atoms with Gasteiger partial charge in [0, 0.05) is 11.4 Å². The summed E-state index contributed by atoms with van der Waals surface area (Å²) in [7, 11) is 0. The number of hydrogen-bond acceptors (Lipinski definition) is 5. The van der Waals surface area contributed by atoms with Crippen molar-refractivity contribution < 1.29 is 9.18 Å². The Morgan fingerprint density at radius 3 is 2.97 bits per heavy atom. The summed E-state index contributed by atoms with van der Waals surface area (Å²) in [5, 5.41) is 3.67. The van der Waals surface area contributed by atoms with Crippen LogP contribution in [-0.4, -0.2) is 27.8 Å². The molecule has 3 aromatic rings. The minimum absolute atomic E-state index is 0.113. The molecule has 1 N–H and O–H groups in total. The third-order valence-electron chi connectivity index (χ3n) is 5.10. The summed E-state index contributed by atoms with van der Waals surface area (Å²) in [6, 6.07) is 6.18. The fourth-order valence-electron chi connectivity index (χ4n) is 3.69. The molecule has 1 aliphatic rings. The molecule has 0 unspecified atom stereocenters. The predicted octanol–water partition coefficient (Wildman–Crippen LogP) is 3.94. The first-order valence-electron chi connectivity index (χ1n) is 9.71. The van der Waals surface area contributed by atoms with Gasteiger partial charge in [-0.15, -0.1) is 11.3 Å². The SMILES string of the molecule is CCNC(=O)CSc1nc2sc3c(c2c(=O)n1-c1ccccc1F)CC[C@H](C)C3. The lowest BCUT2D eigenvalue weighted by Gasteiger charge is -2.18. The summed E-state index contributed by atoms with van der Waals surface area (Å²) in [5.41, 5.74) is 0.964. The summed E-state index contributed by atoms with van der Waals surface area (Å²) >= 11 is 2.71. The number of halogens is 1. The van der Waals surface area contributed by atoms with Crippen LogP contribution in [-0.2, 0) is 17.6 Å². The monoisotopic (exact) mass is 431 g/mol. The van der Waals surface area contributed by atoms with Gasteiger partial charge in [0.15, 0.2) is 5.16 Å². The van der Waals surface area contributed by atoms with E-state index in [1.165, 1.54) is 15.5 Å². The maximum atomic E-state index is 14.6. The van der Waals surface area contributed by atoms with E-state index in [-0.39, 0.29) is 22.9 Å². The van der Waals surface area contributed by atoms with Crippen molar-refractivity contribution in [3.05, 3.63) is 50.9 Å². The molecule has 152 valence electrons. The van der Waals surface area contributed by atoms with Crippen LogP contribution in [0.4, 0.5) is 4.39 Å². The average Bonchev–Trinajstić information content (AvgIpc) is 3.05. The number of rotatable bonds is 5. The van der Waals surface area contributed by atoms with E-state index in [1.807, 2.05) is 6.92 Å². The van der Waals surface area contributed by atoms with Crippen LogP contribution in [0.25, 0.3) is 15.9 Å². The fraction of sp³-hybridized carbons (Fsp3) is 0.381. The number of para-hydroxylation sites is 1. The van der Waals surface area contributed by atoms with Gasteiger partial charge in [0.05, 0.1) is 16.8 Å². The molecule has 1 atom stereocenters. The highest BCUT2D eigenvalue weighted by Crippen LogP contribution is 2.37. The zero-order valence-corrected chi connectivity index (χ0v) is 18.0. The molecule has 0 bridgehead atoms. The van der Waals surface area contributed by atoms with Gasteiger partial charge < -0.3 is 5.32 Å². The van der Waals surface area contributed by atoms with E-state index in [0.29, 0.717) is 27.8 Å². The van der Waals surface area contributed by atoms with Crippen LogP contribution < -0.4 is 10.9 Å². The van der Waals surface area contributed by atoms with Crippen molar-refractivity contribution in [2.75, 3.05) is 12.3 Å². The van der Waals surface area contributed by atoms with Crippen LogP contribution in [0.2, 0.25) is 0 Å². The number of aromatic nitrogens is 2. The molecule has 1 aromatic carbocycles. The molecule has 0 aliphatic heterocycles. The number of nitrogens with one attached hydrogen (secondary N) is 1. The number of fused-ring (bicyclic) bond motifs is 3. The molecule has 0 radical (unpaired) electrons. The number of carbonyl (C=O) groups is 1. The van der Waals surface area contributed by atoms with Crippen LogP contribution in [0.15, 0.2) is 34.2 Å². The first-order chi connectivity index (χ1) is 14.0. The maximum absolute atomic E-state index is 14.6. The second-order valence-electron chi connectivity index (χ2n) is 7.26. The molecule has 2 heterocycles. The summed E-state index contributed by atoms with van der Waals surface area (Å²) in [6.07, 6.45) is 2.82. The smallest absolute Gasteiger partial charge is 0.267 e. The zero-order chi connectivity index (χ0) is 20.5. The maximum Gasteiger partial charge on any atom is 0.267 e. The van der Waals surface area contributed by atoms with Crippen molar-refractivity contribution in [2.24, 2.45) is 5.92 Å². The number of hydrogen-bond donors (Lipinski definition) is 1. The lowest BCUT2D eigenvalue weighted by Crippen LogP contribution is -2.26. The molecule has 1 aliphatic carbocycles. The van der Waals surface area contributed by atoms with Gasteiger partial charge in [-0.25, -0.2) is 9.37 Å². The minimum atomic E-state index is -0.492. The van der Waals surface area contributed by atoms with Crippen LogP contribution in [0.5, 0.6) is 0 Å². The summed E-state index contributed by atoms with van der Waals surface area (Å²) < 4.78 is 15.9. The predicted molar refractivity (Wildman–Crippen MR) is 116 cm³/mol. The number of benzene rings is 1. The highest BCUT2D eigenvalue weighted by Gasteiger charge is 2.26. The Morgan fingerprint density at radius 1 is 1.41 bits per heavy atom. The zero-order valence-electron chi connectivity index (χ0n) is 16.3. The largest absolute Gasteiger partial charge is 0.356 e. The molecular formula is C21H22FN3O2S2. The molecule has 5 nitrogen and oxygen atoms in total. The molecule has 0 saturated heterocycles. The van der Waals surface area contributed by atoms with Crippen molar-refractivity contribution in [1.82, 2.24) is 14.9 Å². The van der Waals surface area contributed by atoms with Gasteiger partial charge in [0.1, 0.15) is 10.6 Å². The Morgan fingerprint density at radius 2 is 2.21 bits per heavy atom. The summed E-state index contributed by atoms with van der Waals surface area (Å²) in [5.74, 6) is 0.0537. The molecule has 0 spiro atoms. The first kappa shape index (κ1) is 20.1. The van der Waals surface area contributed by atoms with E-state index in [1.54, 1.807) is 29.5 Å². The van der Waals surface area contributed by atoms with Crippen LogP contribution >= 0.6 is 23.1 Å². The first-order valence-corrected chi connectivity index (χ1v) is 11.5. The molecular weight excluding hydrogens is 409 g/mol. The minimum Gasteiger partial charge on any atom is -0.356 e. The third kappa shape index (κ3) is 3.83. The van der Waals surface area contributed by atoms with Crippen molar-refractivity contribution >= 4 is 39.2 Å². The number of amides is 1. The lowest BCUT2D eigenvalue weighted by molar-refractivity contribution is -0.118. The van der Waals surface area contributed by atoms with Crippen molar-refractivity contribution in [3.63, 3.8) is 0 Å². The van der Waals surface area contributed by atoms with E-state index in [9.17, 15) is 14.0 Å². The molecule has 29 heavy (non-hydrogen) atoms. The average molecular weight is 432 g/mol. The van der Waals surface area contributed by atoms with Gasteiger partial charge in [-0.05, 0) is 49.8 Å². The summed E-state index contributed by atoms with van der Waals surface area (Å²) in [6.45, 7) is 4.59. The van der Waals surface area contributed by atoms with E-state index < -0.39 is 5.82 Å². The Kier molecular flexibility index (Phi) is 5.74. The Bertz CT molecular complexity index is 1140. The molecule has 0 saturated carbocycles. The van der Waals surface area contributed by atoms with Gasteiger partial charge in [-0.3, -0.25) is 14.2 Å². The molecule has 2 aromatic heterocycles. The number of aryl methyl sites for hydroxylation is 1. The topological polar surface area (TPSA) is 64.0 Å². The third-order valence-corrected chi connectivity index (χ3v) is 7.19. The number of thiophene rings is 1. The molecule has 8 heteroatoms. The lowest BCUT2D eigenvalue weighted by atomic mass is 9.89. The highest BCUT2D eigenvalue weighted by molar-refractivity contribution is 7.99. The fourth-order valence-corrected chi connectivity index (χ4v) is 5.95. The summed E-state index contributed by atoms with van der Waals surface area (Å²) in [4.78, 5) is 32.1. The van der Waals surface area contributed by atoms with Crippen molar-refractivity contribution in [2.45, 2.75) is 38.3 Å². The second kappa shape index (κ2) is 8.28. The van der Waals surface area contributed by atoms with Crippen molar-refractivity contribution in [3.8, 4) is 5.69 Å². The van der Waals surface area contributed by atoms with E-state index >= 15 is 0 Å². The Hall–Kier alpha value is -2.19. The standard InChI is InChI=1S/C21H22FN3O2S2/c1-3-23-17(26)11-28-21-24-19-18(13-9-8-12(2)10-16(13)29-19)20(27)25(21)15-7-5-4-6-14(15)22/h4-7,12H,3,8-11H2,1-2H3,(H,23,26)/t12-/m0/s1. The van der Waals surface area contributed by atoms with Gasteiger partial charge >= 0.3 is 0 Å². The number of nitrogens with zero attached hydrogens (tertiary/aromatic N) is 2. The van der Waals surface area contributed by atoms with Gasteiger partial charge in [0.2, 0.25) is 5.91 Å². The van der Waals surface area contributed by atoms with Crippen LogP contribution in [0.3, 0.4) is 0 Å².